The van der Waals surface area contributed by atoms with Crippen molar-refractivity contribution < 1.29 is 4.79 Å². The number of anilines is 1. The van der Waals surface area contributed by atoms with Gasteiger partial charge in [0.2, 0.25) is 5.91 Å². The summed E-state index contributed by atoms with van der Waals surface area (Å²) in [6.45, 7) is 0. The molecule has 6 heterocycles. The van der Waals surface area contributed by atoms with Crippen molar-refractivity contribution in [3.8, 4) is 34.0 Å². The summed E-state index contributed by atoms with van der Waals surface area (Å²) in [5.74, 6) is 0.498. The molecular weight excluding hydrogens is 502 g/mol. The van der Waals surface area contributed by atoms with E-state index in [0.717, 1.165) is 44.3 Å². The molecule has 0 aliphatic carbocycles. The zero-order valence-electron chi connectivity index (χ0n) is 21.0. The van der Waals surface area contributed by atoms with E-state index in [4.69, 9.17) is 4.98 Å². The van der Waals surface area contributed by atoms with Gasteiger partial charge in [0.05, 0.1) is 46.9 Å². The van der Waals surface area contributed by atoms with E-state index in [-0.39, 0.29) is 12.3 Å². The van der Waals surface area contributed by atoms with Crippen molar-refractivity contribution in [2.24, 2.45) is 0 Å². The van der Waals surface area contributed by atoms with Crippen LogP contribution in [0, 0.1) is 0 Å². The molecule has 7 aromatic rings. The van der Waals surface area contributed by atoms with Crippen molar-refractivity contribution in [1.82, 2.24) is 40.1 Å². The minimum absolute atomic E-state index is 0.115. The Morgan fingerprint density at radius 3 is 2.55 bits per heavy atom. The lowest BCUT2D eigenvalue weighted by atomic mass is 10.1. The number of aromatic nitrogens is 8. The summed E-state index contributed by atoms with van der Waals surface area (Å²) in [5, 5.41) is 11.4. The van der Waals surface area contributed by atoms with Crippen LogP contribution in [0.5, 0.6) is 0 Å². The Balaban J connectivity index is 1.21. The van der Waals surface area contributed by atoms with E-state index < -0.39 is 0 Å². The molecule has 0 spiro atoms. The van der Waals surface area contributed by atoms with Gasteiger partial charge in [-0.05, 0) is 35.9 Å². The van der Waals surface area contributed by atoms with Crippen molar-refractivity contribution in [2.45, 2.75) is 6.42 Å². The summed E-state index contributed by atoms with van der Waals surface area (Å²) in [6.07, 6.45) is 10.6. The number of benzene rings is 1. The third kappa shape index (κ3) is 4.43. The lowest BCUT2D eigenvalue weighted by molar-refractivity contribution is -0.115. The largest absolute Gasteiger partial charge is 0.336 e. The molecule has 0 saturated heterocycles. The number of H-pyrrole nitrogens is 2. The summed E-state index contributed by atoms with van der Waals surface area (Å²) < 4.78 is 0. The number of pyridine rings is 4. The molecule has 1 aromatic carbocycles. The van der Waals surface area contributed by atoms with Crippen LogP contribution < -0.4 is 5.32 Å². The smallest absolute Gasteiger partial charge is 0.228 e. The molecule has 1 amide bonds. The van der Waals surface area contributed by atoms with Crippen molar-refractivity contribution in [2.75, 3.05) is 5.32 Å². The van der Waals surface area contributed by atoms with E-state index in [9.17, 15) is 4.79 Å². The first-order valence-electron chi connectivity index (χ1n) is 12.6. The molecule has 0 bridgehead atoms. The lowest BCUT2D eigenvalue weighted by Crippen LogP contribution is -2.14. The number of carbonyl (C=O) groups excluding carboxylic acids is 1. The number of hydrogen-bond acceptors (Lipinski definition) is 7. The van der Waals surface area contributed by atoms with Gasteiger partial charge in [-0.1, -0.05) is 30.3 Å². The molecule has 6 aromatic heterocycles. The first kappa shape index (κ1) is 23.4. The molecule has 0 fully saturated rings. The van der Waals surface area contributed by atoms with Crippen LogP contribution in [0.4, 0.5) is 5.69 Å². The third-order valence-corrected chi connectivity index (χ3v) is 6.55. The number of nitrogens with one attached hydrogen (secondary N) is 3. The van der Waals surface area contributed by atoms with Gasteiger partial charge in [0, 0.05) is 41.3 Å². The molecule has 0 atom stereocenters. The second kappa shape index (κ2) is 9.84. The molecule has 7 rings (SSSR count). The average molecular weight is 524 g/mol. The molecule has 0 aliphatic rings. The standard InChI is InChI=1S/C30H21N9O/c40-26(12-18-4-2-1-3-5-18)35-21-13-20(15-32-16-21)24-14-22-25(17-34-24)38-39-28(22)30-36-23-8-11-33-27(29(23)37-30)19-6-9-31-10-7-19/h1-11,13-17H,12H2,(H,35,40)(H,36,37)(H,38,39). The molecule has 192 valence electrons. The topological polar surface area (TPSA) is 138 Å². The van der Waals surface area contributed by atoms with Crippen molar-refractivity contribution in [1.29, 1.82) is 0 Å². The van der Waals surface area contributed by atoms with Crippen LogP contribution in [0.3, 0.4) is 0 Å². The fraction of sp³-hybridized carbons (Fsp3) is 0.0333. The number of hydrogen-bond donors (Lipinski definition) is 3. The fourth-order valence-electron chi connectivity index (χ4n) is 4.66. The van der Waals surface area contributed by atoms with Crippen LogP contribution in [0.15, 0.2) is 97.8 Å². The zero-order valence-corrected chi connectivity index (χ0v) is 21.0. The van der Waals surface area contributed by atoms with E-state index in [0.29, 0.717) is 22.9 Å². The monoisotopic (exact) mass is 523 g/mol. The fourth-order valence-corrected chi connectivity index (χ4v) is 4.66. The van der Waals surface area contributed by atoms with Crippen molar-refractivity contribution in [3.63, 3.8) is 0 Å². The quantitative estimate of drug-likeness (QED) is 0.272. The summed E-state index contributed by atoms with van der Waals surface area (Å²) in [6, 6.07) is 19.1. The van der Waals surface area contributed by atoms with Crippen LogP contribution in [0.1, 0.15) is 5.56 Å². The molecule has 10 nitrogen and oxygen atoms in total. The van der Waals surface area contributed by atoms with Gasteiger partial charge in [-0.15, -0.1) is 0 Å². The minimum Gasteiger partial charge on any atom is -0.336 e. The van der Waals surface area contributed by atoms with E-state index in [1.807, 2.05) is 60.7 Å². The van der Waals surface area contributed by atoms with Crippen molar-refractivity contribution >= 4 is 33.5 Å². The Labute approximate surface area is 227 Å². The van der Waals surface area contributed by atoms with Gasteiger partial charge in [0.15, 0.2) is 5.82 Å². The summed E-state index contributed by atoms with van der Waals surface area (Å²) in [4.78, 5) is 38.4. The number of fused-ring (bicyclic) bond motifs is 2. The Morgan fingerprint density at radius 2 is 1.68 bits per heavy atom. The number of carbonyl (C=O) groups is 1. The SMILES string of the molecule is O=C(Cc1ccccc1)Nc1cncc(-c2cc3c(-c4nc5c(-c6ccncc6)nccc5[nH]4)n[nH]c3cn2)c1. The van der Waals surface area contributed by atoms with E-state index >= 15 is 0 Å². The van der Waals surface area contributed by atoms with Gasteiger partial charge in [-0.3, -0.25) is 29.8 Å². The Bertz CT molecular complexity index is 1980. The highest BCUT2D eigenvalue weighted by molar-refractivity contribution is 5.97. The third-order valence-electron chi connectivity index (χ3n) is 6.55. The number of nitrogens with zero attached hydrogens (tertiary/aromatic N) is 6. The highest BCUT2D eigenvalue weighted by atomic mass is 16.1. The molecule has 40 heavy (non-hydrogen) atoms. The molecule has 10 heteroatoms. The molecular formula is C30H21N9O. The highest BCUT2D eigenvalue weighted by Crippen LogP contribution is 2.31. The number of amides is 1. The number of aromatic amines is 2. The van der Waals surface area contributed by atoms with Crippen LogP contribution in [0.25, 0.3) is 56.0 Å². The van der Waals surface area contributed by atoms with Gasteiger partial charge in [0.1, 0.15) is 11.2 Å². The molecule has 3 N–H and O–H groups in total. The number of rotatable bonds is 6. The van der Waals surface area contributed by atoms with Crippen LogP contribution in [-0.2, 0) is 11.2 Å². The normalized spacial score (nSPS) is 11.2. The second-order valence-electron chi connectivity index (χ2n) is 9.24. The molecule has 0 radical (unpaired) electrons. The zero-order chi connectivity index (χ0) is 26.9. The van der Waals surface area contributed by atoms with Crippen LogP contribution in [0.2, 0.25) is 0 Å². The highest BCUT2D eigenvalue weighted by Gasteiger charge is 2.17. The Hall–Kier alpha value is -5.77. The Kier molecular flexibility index (Phi) is 5.74. The minimum atomic E-state index is -0.115. The van der Waals surface area contributed by atoms with Gasteiger partial charge < -0.3 is 10.3 Å². The maximum atomic E-state index is 12.6. The Morgan fingerprint density at radius 1 is 0.800 bits per heavy atom. The second-order valence-corrected chi connectivity index (χ2v) is 9.24. The molecule has 0 saturated carbocycles. The average Bonchev–Trinajstić information content (AvgIpc) is 3.62. The van der Waals surface area contributed by atoms with Gasteiger partial charge in [-0.25, -0.2) is 4.98 Å². The van der Waals surface area contributed by atoms with Crippen LogP contribution >= 0.6 is 0 Å². The predicted molar refractivity (Wildman–Crippen MR) is 152 cm³/mol. The summed E-state index contributed by atoms with van der Waals surface area (Å²) >= 11 is 0. The van der Waals surface area contributed by atoms with Crippen LogP contribution in [-0.4, -0.2) is 46.0 Å². The van der Waals surface area contributed by atoms with Gasteiger partial charge >= 0.3 is 0 Å². The first-order valence-corrected chi connectivity index (χ1v) is 12.6. The number of imidazole rings is 1. The predicted octanol–water partition coefficient (Wildman–Crippen LogP) is 5.20. The van der Waals surface area contributed by atoms with E-state index in [2.05, 4.69) is 40.4 Å². The molecule has 0 unspecified atom stereocenters. The maximum Gasteiger partial charge on any atom is 0.228 e. The van der Waals surface area contributed by atoms with Gasteiger partial charge in [0.25, 0.3) is 0 Å². The maximum absolute atomic E-state index is 12.6. The summed E-state index contributed by atoms with van der Waals surface area (Å²) in [7, 11) is 0. The van der Waals surface area contributed by atoms with Gasteiger partial charge in [-0.2, -0.15) is 5.10 Å². The lowest BCUT2D eigenvalue weighted by Gasteiger charge is -2.07. The first-order chi connectivity index (χ1) is 19.7. The molecule has 0 aliphatic heterocycles. The van der Waals surface area contributed by atoms with Crippen molar-refractivity contribution in [3.05, 3.63) is 103 Å². The van der Waals surface area contributed by atoms with E-state index in [1.165, 1.54) is 0 Å². The summed E-state index contributed by atoms with van der Waals surface area (Å²) in [5.41, 5.74) is 7.73. The van der Waals surface area contributed by atoms with E-state index in [1.54, 1.807) is 37.2 Å².